The maximum atomic E-state index is 11.5. The zero-order valence-corrected chi connectivity index (χ0v) is 11.2. The van der Waals surface area contributed by atoms with Crippen LogP contribution in [0.5, 0.6) is 0 Å². The molecule has 0 aliphatic carbocycles. The van der Waals surface area contributed by atoms with Gasteiger partial charge in [-0.3, -0.25) is 4.79 Å². The van der Waals surface area contributed by atoms with E-state index in [9.17, 15) is 14.4 Å². The first-order chi connectivity index (χ1) is 8.92. The van der Waals surface area contributed by atoms with Gasteiger partial charge in [0, 0.05) is 6.54 Å². The smallest absolute Gasteiger partial charge is 0.326 e. The Hall–Kier alpha value is -2.05. The summed E-state index contributed by atoms with van der Waals surface area (Å²) in [5, 5.41) is 16.1. The lowest BCUT2D eigenvalue weighted by Gasteiger charge is -2.17. The first kappa shape index (κ1) is 16.9. The Morgan fingerprint density at radius 1 is 1.32 bits per heavy atom. The summed E-state index contributed by atoms with van der Waals surface area (Å²) >= 11 is 0. The van der Waals surface area contributed by atoms with Gasteiger partial charge >= 0.3 is 12.0 Å². The zero-order valence-electron chi connectivity index (χ0n) is 11.2. The van der Waals surface area contributed by atoms with Crippen molar-refractivity contribution in [2.75, 3.05) is 6.54 Å². The predicted molar refractivity (Wildman–Crippen MR) is 70.7 cm³/mol. The summed E-state index contributed by atoms with van der Waals surface area (Å²) < 4.78 is 0. The molecule has 0 aliphatic heterocycles. The highest BCUT2D eigenvalue weighted by Crippen LogP contribution is 1.93. The lowest BCUT2D eigenvalue weighted by molar-refractivity contribution is -0.139. The fourth-order valence-corrected chi connectivity index (χ4v) is 1.25. The zero-order chi connectivity index (χ0) is 14.8. The molecule has 0 aromatic carbocycles. The summed E-state index contributed by atoms with van der Waals surface area (Å²) in [5.74, 6) is -1.47. The lowest BCUT2D eigenvalue weighted by Crippen LogP contribution is -2.52. The Morgan fingerprint density at radius 3 is 2.42 bits per heavy atom. The van der Waals surface area contributed by atoms with Crippen molar-refractivity contribution < 1.29 is 19.5 Å². The molecule has 2 atom stereocenters. The highest BCUT2D eigenvalue weighted by molar-refractivity contribution is 5.88. The molecular weight excluding hydrogens is 250 g/mol. The summed E-state index contributed by atoms with van der Waals surface area (Å²) in [6, 6.07) is -2.48. The van der Waals surface area contributed by atoms with Crippen LogP contribution in [0.15, 0.2) is 12.7 Å². The maximum absolute atomic E-state index is 11.5. The Bertz CT molecular complexity index is 344. The fraction of sp³-hybridized carbons (Fsp3) is 0.583. The standard InChI is InChI=1S/C12H21N3O4/c1-4-6-9(11(17)18)15-12(19)14-8(3)10(16)13-7-5-2/h4,8-9H,1,5-7H2,2-3H3,(H,13,16)(H,17,18)(H2,14,15,19). The van der Waals surface area contributed by atoms with Crippen molar-refractivity contribution in [2.45, 2.75) is 38.8 Å². The second-order valence-electron chi connectivity index (χ2n) is 4.05. The van der Waals surface area contributed by atoms with E-state index in [4.69, 9.17) is 5.11 Å². The number of carboxylic acids is 1. The largest absolute Gasteiger partial charge is 0.480 e. The van der Waals surface area contributed by atoms with Crippen LogP contribution in [-0.2, 0) is 9.59 Å². The van der Waals surface area contributed by atoms with Gasteiger partial charge < -0.3 is 21.1 Å². The third-order valence-electron chi connectivity index (χ3n) is 2.30. The van der Waals surface area contributed by atoms with Gasteiger partial charge in [0.1, 0.15) is 12.1 Å². The van der Waals surface area contributed by atoms with Gasteiger partial charge in [0.25, 0.3) is 0 Å². The van der Waals surface area contributed by atoms with E-state index >= 15 is 0 Å². The number of aliphatic carboxylic acids is 1. The van der Waals surface area contributed by atoms with Crippen molar-refractivity contribution >= 4 is 17.9 Å². The van der Waals surface area contributed by atoms with E-state index in [1.165, 1.54) is 13.0 Å². The molecule has 0 spiro atoms. The number of hydrogen-bond acceptors (Lipinski definition) is 3. The Balaban J connectivity index is 4.24. The maximum Gasteiger partial charge on any atom is 0.326 e. The molecule has 0 aromatic heterocycles. The van der Waals surface area contributed by atoms with Crippen molar-refractivity contribution in [2.24, 2.45) is 0 Å². The monoisotopic (exact) mass is 271 g/mol. The Labute approximate surface area is 112 Å². The van der Waals surface area contributed by atoms with Crippen molar-refractivity contribution in [3.05, 3.63) is 12.7 Å². The SMILES string of the molecule is C=CCC(NC(=O)NC(C)C(=O)NCCC)C(=O)O. The van der Waals surface area contributed by atoms with Crippen LogP contribution in [0.4, 0.5) is 4.79 Å². The number of carboxylic acid groups (broad SMARTS) is 1. The van der Waals surface area contributed by atoms with Crippen molar-refractivity contribution in [3.63, 3.8) is 0 Å². The van der Waals surface area contributed by atoms with Gasteiger partial charge in [-0.25, -0.2) is 9.59 Å². The van der Waals surface area contributed by atoms with Crippen LogP contribution in [0.3, 0.4) is 0 Å². The minimum absolute atomic E-state index is 0.110. The van der Waals surface area contributed by atoms with Crippen LogP contribution in [0.1, 0.15) is 26.7 Å². The summed E-state index contributed by atoms with van der Waals surface area (Å²) in [6.07, 6.45) is 2.31. The van der Waals surface area contributed by atoms with Gasteiger partial charge in [-0.05, 0) is 19.8 Å². The minimum atomic E-state index is -1.15. The topological polar surface area (TPSA) is 108 Å². The molecule has 0 saturated carbocycles. The van der Waals surface area contributed by atoms with Gasteiger partial charge in [-0.1, -0.05) is 13.0 Å². The van der Waals surface area contributed by atoms with Crippen LogP contribution in [-0.4, -0.2) is 41.6 Å². The normalized spacial score (nSPS) is 12.9. The number of nitrogens with one attached hydrogen (secondary N) is 3. The number of amides is 3. The van der Waals surface area contributed by atoms with E-state index in [0.717, 1.165) is 6.42 Å². The minimum Gasteiger partial charge on any atom is -0.480 e. The van der Waals surface area contributed by atoms with Crippen molar-refractivity contribution in [3.8, 4) is 0 Å². The van der Waals surface area contributed by atoms with E-state index in [1.807, 2.05) is 6.92 Å². The first-order valence-electron chi connectivity index (χ1n) is 6.10. The average molecular weight is 271 g/mol. The average Bonchev–Trinajstić information content (AvgIpc) is 2.34. The third-order valence-corrected chi connectivity index (χ3v) is 2.30. The van der Waals surface area contributed by atoms with Crippen LogP contribution in [0, 0.1) is 0 Å². The van der Waals surface area contributed by atoms with Gasteiger partial charge in [0.2, 0.25) is 5.91 Å². The molecule has 0 aliphatic rings. The molecule has 0 saturated heterocycles. The number of rotatable bonds is 8. The molecule has 0 aromatic rings. The van der Waals surface area contributed by atoms with Crippen LogP contribution in [0.2, 0.25) is 0 Å². The quantitative estimate of drug-likeness (QED) is 0.474. The molecule has 4 N–H and O–H groups in total. The molecule has 0 rings (SSSR count). The highest BCUT2D eigenvalue weighted by atomic mass is 16.4. The summed E-state index contributed by atoms with van der Waals surface area (Å²) in [4.78, 5) is 33.8. The van der Waals surface area contributed by atoms with Gasteiger partial charge in [-0.15, -0.1) is 6.58 Å². The Morgan fingerprint density at radius 2 is 1.95 bits per heavy atom. The number of carbonyl (C=O) groups excluding carboxylic acids is 2. The molecule has 19 heavy (non-hydrogen) atoms. The molecule has 108 valence electrons. The van der Waals surface area contributed by atoms with E-state index in [1.54, 1.807) is 0 Å². The predicted octanol–water partition coefficient (Wildman–Crippen LogP) is 0.230. The number of carbonyl (C=O) groups is 3. The summed E-state index contributed by atoms with van der Waals surface area (Å²) in [6.45, 7) is 7.38. The second-order valence-corrected chi connectivity index (χ2v) is 4.05. The number of hydrogen-bond donors (Lipinski definition) is 4. The fourth-order valence-electron chi connectivity index (χ4n) is 1.25. The van der Waals surface area contributed by atoms with Crippen molar-refractivity contribution in [1.82, 2.24) is 16.0 Å². The molecule has 7 heteroatoms. The molecular formula is C12H21N3O4. The van der Waals surface area contributed by atoms with E-state index in [2.05, 4.69) is 22.5 Å². The molecule has 0 radical (unpaired) electrons. The van der Waals surface area contributed by atoms with Gasteiger partial charge in [0.15, 0.2) is 0 Å². The molecule has 3 amide bonds. The molecule has 0 bridgehead atoms. The van der Waals surface area contributed by atoms with Crippen LogP contribution in [0.25, 0.3) is 0 Å². The third kappa shape index (κ3) is 7.07. The summed E-state index contributed by atoms with van der Waals surface area (Å²) in [5.41, 5.74) is 0. The lowest BCUT2D eigenvalue weighted by atomic mass is 10.2. The van der Waals surface area contributed by atoms with Crippen molar-refractivity contribution in [1.29, 1.82) is 0 Å². The van der Waals surface area contributed by atoms with Gasteiger partial charge in [0.05, 0.1) is 0 Å². The van der Waals surface area contributed by atoms with Crippen LogP contribution >= 0.6 is 0 Å². The van der Waals surface area contributed by atoms with Gasteiger partial charge in [-0.2, -0.15) is 0 Å². The first-order valence-corrected chi connectivity index (χ1v) is 6.10. The van der Waals surface area contributed by atoms with Crippen LogP contribution < -0.4 is 16.0 Å². The van der Waals surface area contributed by atoms with E-state index < -0.39 is 24.1 Å². The number of urea groups is 1. The second kappa shape index (κ2) is 8.96. The summed E-state index contributed by atoms with van der Waals surface area (Å²) in [7, 11) is 0. The Kier molecular flexibility index (Phi) is 7.99. The van der Waals surface area contributed by atoms with E-state index in [0.29, 0.717) is 6.54 Å². The van der Waals surface area contributed by atoms with E-state index in [-0.39, 0.29) is 12.3 Å². The molecule has 0 fully saturated rings. The molecule has 2 unspecified atom stereocenters. The highest BCUT2D eigenvalue weighted by Gasteiger charge is 2.20. The molecule has 7 nitrogen and oxygen atoms in total. The molecule has 0 heterocycles.